The largest absolute Gasteiger partial charge is 0.456 e. The third-order valence-corrected chi connectivity index (χ3v) is 14.4. The average molecular weight is 1020 g/mol. The van der Waals surface area contributed by atoms with Crippen molar-refractivity contribution in [2.24, 2.45) is 0 Å². The molecule has 0 radical (unpaired) electrons. The number of para-hydroxylation sites is 1. The number of benzene rings is 9. The average Bonchev–Trinajstić information content (AvgIpc) is 4.11. The zero-order valence-electron chi connectivity index (χ0n) is 41.9. The Balaban J connectivity index is 1.10. The van der Waals surface area contributed by atoms with Gasteiger partial charge in [0.05, 0.1) is 80.8 Å². The minimum Gasteiger partial charge on any atom is -0.456 e. The van der Waals surface area contributed by atoms with Gasteiger partial charge in [-0.05, 0) is 119 Å². The van der Waals surface area contributed by atoms with Crippen molar-refractivity contribution >= 4 is 43.7 Å². The van der Waals surface area contributed by atoms with Crippen molar-refractivity contribution in [3.8, 4) is 121 Å². The molecule has 0 atom stereocenters. The fourth-order valence-electron chi connectivity index (χ4n) is 10.8. The third-order valence-electron chi connectivity index (χ3n) is 14.4. The maximum absolute atomic E-state index is 10.4. The van der Waals surface area contributed by atoms with E-state index in [2.05, 4.69) is 53.1 Å². The number of nitriles is 6. The number of aromatic nitrogens is 5. The summed E-state index contributed by atoms with van der Waals surface area (Å²) in [6.07, 6.45) is 3.63. The summed E-state index contributed by atoms with van der Waals surface area (Å²) in [5.74, 6) is 1.42. The Labute approximate surface area is 456 Å². The zero-order valence-corrected chi connectivity index (χ0v) is 41.9. The van der Waals surface area contributed by atoms with E-state index in [0.29, 0.717) is 45.3 Å². The lowest BCUT2D eigenvalue weighted by Crippen LogP contribution is -2.02. The normalized spacial score (nSPS) is 10.9. The lowest BCUT2D eigenvalue weighted by Gasteiger charge is -2.18. The first-order chi connectivity index (χ1) is 39.4. The van der Waals surface area contributed by atoms with Crippen LogP contribution in [0.5, 0.6) is 0 Å². The highest BCUT2D eigenvalue weighted by atomic mass is 16.3. The number of fused-ring (bicyclic) bond motifs is 6. The van der Waals surface area contributed by atoms with Crippen LogP contribution in [-0.4, -0.2) is 24.5 Å². The maximum Gasteiger partial charge on any atom is 0.164 e. The molecule has 12 heteroatoms. The molecule has 13 aromatic rings. The molecule has 0 aliphatic heterocycles. The molecule has 0 saturated carbocycles. The number of hydrogen-bond donors (Lipinski definition) is 0. The Morgan fingerprint density at radius 2 is 0.850 bits per heavy atom. The van der Waals surface area contributed by atoms with E-state index in [1.165, 1.54) is 24.3 Å². The summed E-state index contributed by atoms with van der Waals surface area (Å²) in [6.45, 7) is 0. The maximum atomic E-state index is 10.4. The van der Waals surface area contributed by atoms with Gasteiger partial charge in [-0.1, -0.05) is 97.1 Å². The molecule has 0 fully saturated rings. The van der Waals surface area contributed by atoms with Gasteiger partial charge in [-0.3, -0.25) is 4.98 Å². The minimum atomic E-state index is 0.164. The first kappa shape index (κ1) is 47.4. The molecule has 0 saturated heterocycles. The van der Waals surface area contributed by atoms with Gasteiger partial charge in [-0.15, -0.1) is 0 Å². The highest BCUT2D eigenvalue weighted by molar-refractivity contribution is 6.13. The molecule has 366 valence electrons. The van der Waals surface area contributed by atoms with E-state index in [0.717, 1.165) is 82.8 Å². The summed E-state index contributed by atoms with van der Waals surface area (Å²) < 4.78 is 8.39. The second kappa shape index (κ2) is 19.4. The first-order valence-electron chi connectivity index (χ1n) is 25.1. The Hall–Kier alpha value is -12.3. The van der Waals surface area contributed by atoms with Gasteiger partial charge in [0.15, 0.2) is 17.5 Å². The van der Waals surface area contributed by atoms with E-state index in [9.17, 15) is 31.6 Å². The molecular weight excluding hydrogens is 987 g/mol. The number of furan rings is 1. The van der Waals surface area contributed by atoms with E-state index < -0.39 is 0 Å². The summed E-state index contributed by atoms with van der Waals surface area (Å²) in [5.41, 5.74) is 12.4. The Morgan fingerprint density at radius 1 is 0.350 bits per heavy atom. The lowest BCUT2D eigenvalue weighted by molar-refractivity contribution is 0.669. The van der Waals surface area contributed by atoms with Crippen LogP contribution in [0.4, 0.5) is 0 Å². The minimum absolute atomic E-state index is 0.164. The van der Waals surface area contributed by atoms with E-state index in [1.54, 1.807) is 6.20 Å². The highest BCUT2D eigenvalue weighted by Crippen LogP contribution is 2.44. The van der Waals surface area contributed by atoms with Crippen LogP contribution in [-0.2, 0) is 0 Å². The standard InChI is InChI=1S/C68H33N11O/c69-33-40-25-47(35-71)64(48(26-40)36-72)45-15-20-60-56(30-45)57-31-46(65-49(37-73)27-41(34-70)28-50(65)38-74)16-21-61(57)79(60)51-18-19-54(68-77-66(42-9-3-1-4-10-42)76-67(78-68)43-11-5-2-6-12-43)55(32-51)52-23-24-75-39-59(52)44-17-22-63-58(29-44)53-13-7-8-14-62(53)80-63/h1-32,39H. The Kier molecular flexibility index (Phi) is 11.5. The van der Waals surface area contributed by atoms with Gasteiger partial charge < -0.3 is 8.98 Å². The SMILES string of the molecule is N#Cc1cc(C#N)c(-c2ccc3c(c2)c2cc(-c4c(C#N)cc(C#N)cc4C#N)ccc2n3-c2ccc(-c3nc(-c4ccccc4)nc(-c4ccccc4)n3)c(-c3ccncc3-c3ccc4oc5ccccc5c4c3)c2)c(C#N)c1. The van der Waals surface area contributed by atoms with Crippen molar-refractivity contribution in [1.82, 2.24) is 24.5 Å². The van der Waals surface area contributed by atoms with Crippen molar-refractivity contribution in [3.63, 3.8) is 0 Å². The van der Waals surface area contributed by atoms with Crippen LogP contribution in [0.3, 0.4) is 0 Å². The summed E-state index contributed by atoms with van der Waals surface area (Å²) in [6, 6.07) is 72.1. The van der Waals surface area contributed by atoms with E-state index in [-0.39, 0.29) is 33.4 Å². The van der Waals surface area contributed by atoms with Crippen molar-refractivity contribution in [2.45, 2.75) is 0 Å². The molecule has 0 unspecified atom stereocenters. The molecule has 9 aromatic carbocycles. The van der Waals surface area contributed by atoms with Gasteiger partial charge in [0.25, 0.3) is 0 Å². The topological polar surface area (TPSA) is 212 Å². The Morgan fingerprint density at radius 3 is 1.40 bits per heavy atom. The van der Waals surface area contributed by atoms with E-state index in [1.807, 2.05) is 158 Å². The fraction of sp³-hybridized carbons (Fsp3) is 0. The van der Waals surface area contributed by atoms with Gasteiger partial charge in [0.1, 0.15) is 11.2 Å². The van der Waals surface area contributed by atoms with Crippen LogP contribution in [0.1, 0.15) is 33.4 Å². The fourth-order valence-corrected chi connectivity index (χ4v) is 10.8. The monoisotopic (exact) mass is 1020 g/mol. The van der Waals surface area contributed by atoms with Gasteiger partial charge in [0, 0.05) is 73.0 Å². The zero-order chi connectivity index (χ0) is 54.4. The van der Waals surface area contributed by atoms with Crippen molar-refractivity contribution in [2.75, 3.05) is 0 Å². The predicted octanol–water partition coefficient (Wildman–Crippen LogP) is 15.2. The molecule has 0 amide bonds. The first-order valence-corrected chi connectivity index (χ1v) is 25.1. The molecule has 0 aliphatic carbocycles. The second-order valence-electron chi connectivity index (χ2n) is 18.9. The summed E-state index contributed by atoms with van der Waals surface area (Å²) in [4.78, 5) is 20.1. The third kappa shape index (κ3) is 7.97. The van der Waals surface area contributed by atoms with Crippen LogP contribution >= 0.6 is 0 Å². The van der Waals surface area contributed by atoms with Gasteiger partial charge >= 0.3 is 0 Å². The lowest BCUT2D eigenvalue weighted by atomic mass is 9.91. The van der Waals surface area contributed by atoms with Crippen LogP contribution in [0.2, 0.25) is 0 Å². The summed E-state index contributed by atoms with van der Waals surface area (Å²) >= 11 is 0. The van der Waals surface area contributed by atoms with Crippen molar-refractivity contribution < 1.29 is 4.42 Å². The number of hydrogen-bond acceptors (Lipinski definition) is 11. The number of rotatable bonds is 8. The van der Waals surface area contributed by atoms with Gasteiger partial charge in [-0.2, -0.15) is 31.6 Å². The molecule has 4 heterocycles. The van der Waals surface area contributed by atoms with Gasteiger partial charge in [-0.25, -0.2) is 15.0 Å². The Bertz CT molecular complexity index is 4750. The summed E-state index contributed by atoms with van der Waals surface area (Å²) in [7, 11) is 0. The molecule has 12 nitrogen and oxygen atoms in total. The smallest absolute Gasteiger partial charge is 0.164 e. The van der Waals surface area contributed by atoms with Gasteiger partial charge in [0.2, 0.25) is 0 Å². The molecule has 0 aliphatic rings. The van der Waals surface area contributed by atoms with E-state index in [4.69, 9.17) is 24.4 Å². The molecule has 80 heavy (non-hydrogen) atoms. The van der Waals surface area contributed by atoms with Crippen LogP contribution in [0.25, 0.3) is 128 Å². The molecule has 13 rings (SSSR count). The molecule has 4 aromatic heterocycles. The van der Waals surface area contributed by atoms with Crippen molar-refractivity contribution in [3.05, 3.63) is 234 Å². The van der Waals surface area contributed by atoms with E-state index >= 15 is 0 Å². The second-order valence-corrected chi connectivity index (χ2v) is 18.9. The summed E-state index contributed by atoms with van der Waals surface area (Å²) in [5, 5.41) is 64.7. The molecule has 0 N–H and O–H groups in total. The van der Waals surface area contributed by atoms with Crippen LogP contribution in [0.15, 0.2) is 205 Å². The number of nitrogens with zero attached hydrogens (tertiary/aromatic N) is 11. The van der Waals surface area contributed by atoms with Crippen molar-refractivity contribution in [1.29, 1.82) is 31.6 Å². The van der Waals surface area contributed by atoms with Crippen LogP contribution < -0.4 is 0 Å². The predicted molar refractivity (Wildman–Crippen MR) is 306 cm³/mol. The quantitative estimate of drug-likeness (QED) is 0.140. The number of pyridine rings is 1. The highest BCUT2D eigenvalue weighted by Gasteiger charge is 2.24. The molecular formula is C68H33N11O. The molecule has 0 spiro atoms. The molecule has 0 bridgehead atoms. The van der Waals surface area contributed by atoms with Crippen LogP contribution in [0, 0.1) is 68.0 Å².